The SMILES string of the molecule is COCc1cnc(N2CCC(C3CC3CCOc3ccc(CC(=O)N4CC(C)(O)C4)c(Cl)c3)CC2)nc1. The minimum absolute atomic E-state index is 0.0137. The van der Waals surface area contributed by atoms with Gasteiger partial charge in [0.2, 0.25) is 11.9 Å². The third kappa shape index (κ3) is 6.54. The van der Waals surface area contributed by atoms with E-state index in [0.29, 0.717) is 31.3 Å². The molecule has 5 rings (SSSR count). The summed E-state index contributed by atoms with van der Waals surface area (Å²) in [5.74, 6) is 3.87. The fourth-order valence-electron chi connectivity index (χ4n) is 5.78. The number of hydrogen-bond acceptors (Lipinski definition) is 7. The molecule has 0 bridgehead atoms. The first-order valence-corrected chi connectivity index (χ1v) is 13.7. The molecule has 8 nitrogen and oxygen atoms in total. The van der Waals surface area contributed by atoms with Crippen molar-refractivity contribution < 1.29 is 19.4 Å². The molecule has 37 heavy (non-hydrogen) atoms. The van der Waals surface area contributed by atoms with E-state index in [2.05, 4.69) is 14.9 Å². The van der Waals surface area contributed by atoms with Gasteiger partial charge < -0.3 is 24.4 Å². The minimum atomic E-state index is -0.763. The van der Waals surface area contributed by atoms with Crippen LogP contribution in [0.4, 0.5) is 5.95 Å². The molecule has 3 fully saturated rings. The number of aliphatic hydroxyl groups is 1. The van der Waals surface area contributed by atoms with Gasteiger partial charge in [0.05, 0.1) is 38.3 Å². The normalized spacial score (nSPS) is 23.0. The first-order valence-electron chi connectivity index (χ1n) is 13.3. The number of carbonyl (C=O) groups is 1. The number of ether oxygens (including phenoxy) is 2. The van der Waals surface area contributed by atoms with E-state index in [1.165, 1.54) is 19.3 Å². The second kappa shape index (κ2) is 11.1. The van der Waals surface area contributed by atoms with Crippen molar-refractivity contribution in [3.8, 4) is 5.75 Å². The molecule has 3 heterocycles. The van der Waals surface area contributed by atoms with Crippen LogP contribution in [0.15, 0.2) is 30.6 Å². The lowest BCUT2D eigenvalue weighted by molar-refractivity contribution is -0.151. The fourth-order valence-corrected chi connectivity index (χ4v) is 6.01. The van der Waals surface area contributed by atoms with Gasteiger partial charge in [-0.15, -0.1) is 0 Å². The number of halogens is 1. The Labute approximate surface area is 223 Å². The second-order valence-corrected chi connectivity index (χ2v) is 11.5. The van der Waals surface area contributed by atoms with E-state index in [0.717, 1.165) is 60.1 Å². The Balaban J connectivity index is 1.01. The molecule has 2 aliphatic heterocycles. The van der Waals surface area contributed by atoms with E-state index in [-0.39, 0.29) is 12.3 Å². The van der Waals surface area contributed by atoms with Crippen LogP contribution in [-0.2, 0) is 22.6 Å². The van der Waals surface area contributed by atoms with Gasteiger partial charge in [-0.1, -0.05) is 17.7 Å². The van der Waals surface area contributed by atoms with Crippen molar-refractivity contribution >= 4 is 23.5 Å². The molecule has 9 heteroatoms. The lowest BCUT2D eigenvalue weighted by Crippen LogP contribution is -2.62. The van der Waals surface area contributed by atoms with Crippen LogP contribution in [-0.4, -0.2) is 71.4 Å². The number of β-amino-alcohol motifs (C(OH)–C–C–N with tert-alkyl or cyclic N) is 1. The highest BCUT2D eigenvalue weighted by molar-refractivity contribution is 6.31. The summed E-state index contributed by atoms with van der Waals surface area (Å²) in [6, 6.07) is 5.57. The Bertz CT molecular complexity index is 1080. The van der Waals surface area contributed by atoms with Crippen molar-refractivity contribution in [2.75, 3.05) is 44.8 Å². The van der Waals surface area contributed by atoms with Crippen LogP contribution < -0.4 is 9.64 Å². The smallest absolute Gasteiger partial charge is 0.227 e. The van der Waals surface area contributed by atoms with E-state index >= 15 is 0 Å². The molecule has 2 aromatic rings. The first kappa shape index (κ1) is 26.2. The quantitative estimate of drug-likeness (QED) is 0.502. The van der Waals surface area contributed by atoms with Crippen LogP contribution in [0, 0.1) is 17.8 Å². The highest BCUT2D eigenvalue weighted by atomic mass is 35.5. The Morgan fingerprint density at radius 3 is 2.59 bits per heavy atom. The molecule has 1 aromatic heterocycles. The average molecular weight is 529 g/mol. The molecule has 1 aliphatic carbocycles. The van der Waals surface area contributed by atoms with Crippen molar-refractivity contribution in [3.05, 3.63) is 46.7 Å². The van der Waals surface area contributed by atoms with Crippen LogP contribution >= 0.6 is 11.6 Å². The zero-order valence-electron chi connectivity index (χ0n) is 21.7. The van der Waals surface area contributed by atoms with Crippen molar-refractivity contribution in [1.82, 2.24) is 14.9 Å². The van der Waals surface area contributed by atoms with E-state index in [9.17, 15) is 9.90 Å². The second-order valence-electron chi connectivity index (χ2n) is 11.1. The number of nitrogens with zero attached hydrogens (tertiary/aromatic N) is 4. The highest BCUT2D eigenvalue weighted by Crippen LogP contribution is 2.49. The van der Waals surface area contributed by atoms with Gasteiger partial charge in [0.15, 0.2) is 0 Å². The molecule has 2 atom stereocenters. The number of hydrogen-bond donors (Lipinski definition) is 1. The third-order valence-corrected chi connectivity index (χ3v) is 8.30. The summed E-state index contributed by atoms with van der Waals surface area (Å²) >= 11 is 6.43. The van der Waals surface area contributed by atoms with Crippen molar-refractivity contribution in [3.63, 3.8) is 0 Å². The standard InChI is InChI=1S/C28H37ClN4O4/c1-28(35)17-33(18-28)26(34)12-22-3-4-23(13-25(22)29)37-10-7-21-11-24(21)20-5-8-32(9-6-20)27-30-14-19(15-31-27)16-36-2/h3-4,13-15,20-21,24,35H,5-12,16-18H2,1-2H3. The van der Waals surface area contributed by atoms with E-state index < -0.39 is 5.60 Å². The number of aromatic nitrogens is 2. The molecular weight excluding hydrogens is 492 g/mol. The third-order valence-electron chi connectivity index (χ3n) is 7.95. The van der Waals surface area contributed by atoms with Crippen LogP contribution in [0.2, 0.25) is 5.02 Å². The van der Waals surface area contributed by atoms with Gasteiger partial charge in [0.25, 0.3) is 0 Å². The van der Waals surface area contributed by atoms with Crippen molar-refractivity contribution in [2.24, 2.45) is 17.8 Å². The van der Waals surface area contributed by atoms with Gasteiger partial charge in [-0.25, -0.2) is 9.97 Å². The van der Waals surface area contributed by atoms with Crippen molar-refractivity contribution in [2.45, 2.75) is 51.2 Å². The molecule has 1 saturated carbocycles. The summed E-state index contributed by atoms with van der Waals surface area (Å²) in [4.78, 5) is 25.4. The van der Waals surface area contributed by atoms with Gasteiger partial charge >= 0.3 is 0 Å². The highest BCUT2D eigenvalue weighted by Gasteiger charge is 2.43. The number of likely N-dealkylation sites (tertiary alicyclic amines) is 1. The van der Waals surface area contributed by atoms with E-state index in [1.807, 2.05) is 24.5 Å². The Hall–Kier alpha value is -2.42. The van der Waals surface area contributed by atoms with Gasteiger partial charge in [0.1, 0.15) is 5.75 Å². The summed E-state index contributed by atoms with van der Waals surface area (Å²) < 4.78 is 11.1. The number of rotatable bonds is 10. The van der Waals surface area contributed by atoms with Gasteiger partial charge in [-0.3, -0.25) is 4.79 Å². The Morgan fingerprint density at radius 1 is 1.22 bits per heavy atom. The van der Waals surface area contributed by atoms with Crippen molar-refractivity contribution in [1.29, 1.82) is 0 Å². The summed E-state index contributed by atoms with van der Waals surface area (Å²) in [7, 11) is 1.68. The van der Waals surface area contributed by atoms with Crippen LogP contribution in [0.3, 0.4) is 0 Å². The van der Waals surface area contributed by atoms with Gasteiger partial charge in [-0.05, 0) is 68.1 Å². The molecule has 0 radical (unpaired) electrons. The molecule has 2 saturated heterocycles. The molecule has 1 amide bonds. The maximum absolute atomic E-state index is 12.4. The summed E-state index contributed by atoms with van der Waals surface area (Å²) in [5.41, 5.74) is 1.02. The zero-order valence-corrected chi connectivity index (χ0v) is 22.5. The number of piperidine rings is 1. The summed E-state index contributed by atoms with van der Waals surface area (Å²) in [5, 5.41) is 10.4. The molecule has 3 aliphatic rings. The molecule has 1 aromatic carbocycles. The number of carbonyl (C=O) groups excluding carboxylic acids is 1. The topological polar surface area (TPSA) is 88.0 Å². The summed E-state index contributed by atoms with van der Waals surface area (Å²) in [6.45, 7) is 5.74. The number of anilines is 1. The monoisotopic (exact) mass is 528 g/mol. The largest absolute Gasteiger partial charge is 0.494 e. The number of benzene rings is 1. The molecule has 200 valence electrons. The lowest BCUT2D eigenvalue weighted by atomic mass is 9.90. The molecular formula is C28H37ClN4O4. The first-order chi connectivity index (χ1) is 17.8. The predicted molar refractivity (Wildman–Crippen MR) is 142 cm³/mol. The number of amides is 1. The van der Waals surface area contributed by atoms with Crippen LogP contribution in [0.5, 0.6) is 5.75 Å². The predicted octanol–water partition coefficient (Wildman–Crippen LogP) is 3.73. The molecule has 1 N–H and O–H groups in total. The summed E-state index contributed by atoms with van der Waals surface area (Å²) in [6.07, 6.45) is 8.68. The van der Waals surface area contributed by atoms with Gasteiger partial charge in [-0.2, -0.15) is 0 Å². The number of methoxy groups -OCH3 is 1. The van der Waals surface area contributed by atoms with Gasteiger partial charge in [0, 0.05) is 43.2 Å². The minimum Gasteiger partial charge on any atom is -0.494 e. The lowest BCUT2D eigenvalue weighted by Gasteiger charge is -2.44. The average Bonchev–Trinajstić information content (AvgIpc) is 3.64. The molecule has 2 unspecified atom stereocenters. The Kier molecular flexibility index (Phi) is 7.88. The maximum Gasteiger partial charge on any atom is 0.227 e. The zero-order chi connectivity index (χ0) is 26.0. The maximum atomic E-state index is 12.4. The molecule has 0 spiro atoms. The van der Waals surface area contributed by atoms with Crippen LogP contribution in [0.25, 0.3) is 0 Å². The fraction of sp³-hybridized carbons (Fsp3) is 0.607. The van der Waals surface area contributed by atoms with E-state index in [4.69, 9.17) is 21.1 Å². The Morgan fingerprint density at radius 2 is 1.95 bits per heavy atom. The van der Waals surface area contributed by atoms with E-state index in [1.54, 1.807) is 25.0 Å². The van der Waals surface area contributed by atoms with Crippen LogP contribution in [0.1, 0.15) is 43.7 Å².